The van der Waals surface area contributed by atoms with E-state index in [2.05, 4.69) is 15.0 Å². The fourth-order valence-electron chi connectivity index (χ4n) is 3.49. The van der Waals surface area contributed by atoms with Gasteiger partial charge in [0.15, 0.2) is 11.5 Å². The van der Waals surface area contributed by atoms with Crippen LogP contribution in [0.3, 0.4) is 0 Å². The maximum absolute atomic E-state index is 12.1. The third-order valence-electron chi connectivity index (χ3n) is 5.43. The number of rotatable bonds is 11. The Balaban J connectivity index is 1.51. The van der Waals surface area contributed by atoms with Crippen LogP contribution in [-0.2, 0) is 25.3 Å². The maximum atomic E-state index is 12.1. The standard InChI is InChI=1S/C22H28N5O8PS/c1-13(2)34-21(28)33-10-16(36(29,30)31)35-22(8-9-22)11-27-12-24-17-18(27)25-20(23)26-19(17)37-15-6-4-14(32-3)5-7-15/h4-7,12-13,16H,8-11H2,1-3H3,(H2,23,25,26)(H2,29,30,31). The van der Waals surface area contributed by atoms with Gasteiger partial charge in [0, 0.05) is 4.90 Å². The molecule has 13 nitrogen and oxygen atoms in total. The molecule has 15 heteroatoms. The summed E-state index contributed by atoms with van der Waals surface area (Å²) >= 11 is 1.37. The monoisotopic (exact) mass is 553 g/mol. The van der Waals surface area contributed by atoms with Crippen LogP contribution in [0.4, 0.5) is 10.7 Å². The molecular weight excluding hydrogens is 525 g/mol. The Morgan fingerprint density at radius 2 is 1.95 bits per heavy atom. The van der Waals surface area contributed by atoms with Crippen molar-refractivity contribution in [3.05, 3.63) is 30.6 Å². The highest BCUT2D eigenvalue weighted by Gasteiger charge is 2.50. The quantitative estimate of drug-likeness (QED) is 0.179. The van der Waals surface area contributed by atoms with Crippen LogP contribution >= 0.6 is 19.4 Å². The van der Waals surface area contributed by atoms with Gasteiger partial charge in [-0.3, -0.25) is 4.57 Å². The Bertz CT molecular complexity index is 1310. The van der Waals surface area contributed by atoms with Crippen molar-refractivity contribution in [3.8, 4) is 5.75 Å². The molecule has 3 aromatic rings. The summed E-state index contributed by atoms with van der Waals surface area (Å²) in [5, 5.41) is 0.558. The van der Waals surface area contributed by atoms with E-state index in [-0.39, 0.29) is 12.5 Å². The lowest BCUT2D eigenvalue weighted by Gasteiger charge is -2.25. The fraction of sp³-hybridized carbons (Fsp3) is 0.455. The fourth-order valence-corrected chi connectivity index (χ4v) is 5.00. The first-order chi connectivity index (χ1) is 17.5. The second-order valence-corrected chi connectivity index (χ2v) is 11.6. The average Bonchev–Trinajstić information content (AvgIpc) is 3.47. The summed E-state index contributed by atoms with van der Waals surface area (Å²) in [5.74, 6) is -0.863. The van der Waals surface area contributed by atoms with Crippen LogP contribution in [0.25, 0.3) is 11.2 Å². The topological polar surface area (TPSA) is 181 Å². The number of carbonyl (C=O) groups excluding carboxylic acids is 1. The molecule has 37 heavy (non-hydrogen) atoms. The van der Waals surface area contributed by atoms with E-state index in [1.165, 1.54) is 11.8 Å². The minimum Gasteiger partial charge on any atom is -0.497 e. The Kier molecular flexibility index (Phi) is 7.95. The smallest absolute Gasteiger partial charge is 0.497 e. The molecule has 4 rings (SSSR count). The summed E-state index contributed by atoms with van der Waals surface area (Å²) in [6, 6.07) is 7.44. The molecule has 1 aromatic carbocycles. The van der Waals surface area contributed by atoms with Crippen molar-refractivity contribution in [2.75, 3.05) is 19.5 Å². The summed E-state index contributed by atoms with van der Waals surface area (Å²) in [6.45, 7) is 2.81. The van der Waals surface area contributed by atoms with E-state index in [1.54, 1.807) is 31.9 Å². The number of nitrogens with zero attached hydrogens (tertiary/aromatic N) is 4. The molecule has 1 fully saturated rings. The van der Waals surface area contributed by atoms with E-state index in [4.69, 9.17) is 24.7 Å². The zero-order valence-electron chi connectivity index (χ0n) is 20.4. The molecule has 2 heterocycles. The highest BCUT2D eigenvalue weighted by molar-refractivity contribution is 7.99. The minimum absolute atomic E-state index is 0.0567. The number of ether oxygens (including phenoxy) is 4. The van der Waals surface area contributed by atoms with E-state index < -0.39 is 37.9 Å². The zero-order valence-corrected chi connectivity index (χ0v) is 22.1. The molecule has 1 atom stereocenters. The molecule has 0 saturated heterocycles. The molecule has 4 N–H and O–H groups in total. The first kappa shape index (κ1) is 27.1. The maximum Gasteiger partial charge on any atom is 0.508 e. The van der Waals surface area contributed by atoms with Gasteiger partial charge in [0.05, 0.1) is 31.7 Å². The van der Waals surface area contributed by atoms with Gasteiger partial charge < -0.3 is 39.0 Å². The lowest BCUT2D eigenvalue weighted by atomic mass is 10.3. The summed E-state index contributed by atoms with van der Waals surface area (Å²) in [7, 11) is -3.17. The summed E-state index contributed by atoms with van der Waals surface area (Å²) in [5.41, 5.74) is 6.07. The second kappa shape index (κ2) is 10.8. The first-order valence-electron chi connectivity index (χ1n) is 11.3. The SMILES string of the molecule is COc1ccc(Sc2nc(N)nc3c2ncn3CC2(OC(COC(=O)OC(C)C)P(=O)(O)O)CC2)cc1. The van der Waals surface area contributed by atoms with Crippen LogP contribution in [0.15, 0.2) is 40.5 Å². The lowest BCUT2D eigenvalue weighted by Crippen LogP contribution is -2.32. The molecule has 1 aliphatic rings. The molecule has 200 valence electrons. The Morgan fingerprint density at radius 3 is 2.54 bits per heavy atom. The summed E-state index contributed by atoms with van der Waals surface area (Å²) in [4.78, 5) is 45.3. The Hall–Kier alpha value is -2.90. The van der Waals surface area contributed by atoms with Crippen LogP contribution in [0.5, 0.6) is 5.75 Å². The molecule has 0 bridgehead atoms. The third kappa shape index (κ3) is 6.90. The van der Waals surface area contributed by atoms with Crippen LogP contribution in [0.1, 0.15) is 26.7 Å². The van der Waals surface area contributed by atoms with Crippen molar-refractivity contribution >= 4 is 42.6 Å². The van der Waals surface area contributed by atoms with Crippen LogP contribution in [-0.4, -0.2) is 66.7 Å². The van der Waals surface area contributed by atoms with Crippen LogP contribution < -0.4 is 10.5 Å². The van der Waals surface area contributed by atoms with Gasteiger partial charge in [-0.2, -0.15) is 4.98 Å². The predicted octanol–water partition coefficient (Wildman–Crippen LogP) is 3.18. The molecule has 0 aliphatic heterocycles. The first-order valence-corrected chi connectivity index (χ1v) is 13.8. The van der Waals surface area contributed by atoms with Crippen molar-refractivity contribution in [3.63, 3.8) is 0 Å². The summed E-state index contributed by atoms with van der Waals surface area (Å²) < 4.78 is 34.5. The number of fused-ring (bicyclic) bond motifs is 1. The van der Waals surface area contributed by atoms with Gasteiger partial charge in [-0.15, -0.1) is 0 Å². The van der Waals surface area contributed by atoms with E-state index >= 15 is 0 Å². The van der Waals surface area contributed by atoms with E-state index in [1.807, 2.05) is 24.3 Å². The van der Waals surface area contributed by atoms with Gasteiger partial charge in [-0.1, -0.05) is 11.8 Å². The number of anilines is 1. The van der Waals surface area contributed by atoms with E-state index in [9.17, 15) is 19.1 Å². The lowest BCUT2D eigenvalue weighted by molar-refractivity contribution is -0.0486. The van der Waals surface area contributed by atoms with Crippen molar-refractivity contribution in [2.45, 2.75) is 60.7 Å². The normalized spacial score (nSPS) is 15.5. The highest BCUT2D eigenvalue weighted by atomic mass is 32.2. The number of carbonyl (C=O) groups is 1. The van der Waals surface area contributed by atoms with Crippen molar-refractivity contribution in [1.82, 2.24) is 19.5 Å². The van der Waals surface area contributed by atoms with Gasteiger partial charge in [-0.25, -0.2) is 14.8 Å². The summed E-state index contributed by atoms with van der Waals surface area (Å²) in [6.07, 6.45) is 1.16. The Morgan fingerprint density at radius 1 is 1.24 bits per heavy atom. The Labute approximate surface area is 216 Å². The third-order valence-corrected chi connectivity index (χ3v) is 7.42. The van der Waals surface area contributed by atoms with Crippen LogP contribution in [0.2, 0.25) is 0 Å². The van der Waals surface area contributed by atoms with Gasteiger partial charge in [0.25, 0.3) is 0 Å². The average molecular weight is 554 g/mol. The number of nitrogens with two attached hydrogens (primary N) is 1. The molecule has 1 saturated carbocycles. The molecule has 0 amide bonds. The molecule has 1 aliphatic carbocycles. The molecule has 0 spiro atoms. The minimum atomic E-state index is -4.76. The van der Waals surface area contributed by atoms with Crippen molar-refractivity contribution in [2.24, 2.45) is 0 Å². The largest absolute Gasteiger partial charge is 0.508 e. The van der Waals surface area contributed by atoms with Crippen LogP contribution in [0, 0.1) is 0 Å². The molecular formula is C22H28N5O8PS. The predicted molar refractivity (Wildman–Crippen MR) is 133 cm³/mol. The van der Waals surface area contributed by atoms with Gasteiger partial charge >= 0.3 is 13.8 Å². The number of aromatic nitrogens is 4. The number of nitrogen functional groups attached to an aromatic ring is 1. The second-order valence-electron chi connectivity index (χ2n) is 8.78. The van der Waals surface area contributed by atoms with E-state index in [0.29, 0.717) is 29.0 Å². The molecule has 1 unspecified atom stereocenters. The zero-order chi connectivity index (χ0) is 26.8. The highest BCUT2D eigenvalue weighted by Crippen LogP contribution is 2.50. The molecule has 2 aromatic heterocycles. The number of hydrogen-bond acceptors (Lipinski definition) is 11. The number of benzene rings is 1. The number of imidazole rings is 1. The van der Waals surface area contributed by atoms with Crippen molar-refractivity contribution in [1.29, 1.82) is 0 Å². The van der Waals surface area contributed by atoms with E-state index in [0.717, 1.165) is 10.6 Å². The molecule has 0 radical (unpaired) electrons. The van der Waals surface area contributed by atoms with Gasteiger partial charge in [0.2, 0.25) is 5.95 Å². The number of hydrogen-bond donors (Lipinski definition) is 3. The van der Waals surface area contributed by atoms with Crippen molar-refractivity contribution < 1.29 is 38.1 Å². The van der Waals surface area contributed by atoms with Gasteiger partial charge in [-0.05, 0) is 51.0 Å². The van der Waals surface area contributed by atoms with Gasteiger partial charge in [0.1, 0.15) is 22.9 Å². The number of methoxy groups -OCH3 is 1.